The van der Waals surface area contributed by atoms with E-state index in [1.54, 1.807) is 11.3 Å². The predicted octanol–water partition coefficient (Wildman–Crippen LogP) is 4.00. The maximum atomic E-state index is 5.81. The van der Waals surface area contributed by atoms with Crippen molar-refractivity contribution in [3.63, 3.8) is 0 Å². The second-order valence-electron chi connectivity index (χ2n) is 5.58. The minimum Gasteiger partial charge on any atom is -0.330 e. The number of nitrogens with two attached hydrogens (primary N) is 1. The van der Waals surface area contributed by atoms with Gasteiger partial charge in [0, 0.05) is 17.0 Å². The summed E-state index contributed by atoms with van der Waals surface area (Å²) in [5.41, 5.74) is 12.1. The average molecular weight is 313 g/mol. The van der Waals surface area contributed by atoms with Crippen LogP contribution < -0.4 is 5.73 Å². The van der Waals surface area contributed by atoms with Gasteiger partial charge in [-0.15, -0.1) is 11.3 Å². The molecule has 0 unspecified atom stereocenters. The Morgan fingerprint density at radius 3 is 2.45 bits per heavy atom. The molecular weight excluding hydrogens is 290 g/mol. The molecule has 0 bridgehead atoms. The third-order valence-corrected chi connectivity index (χ3v) is 5.37. The molecular formula is C18H23N3S. The number of nitrogens with zero attached hydrogens (tertiary/aromatic N) is 2. The molecule has 0 spiro atoms. The molecule has 22 heavy (non-hydrogen) atoms. The largest absolute Gasteiger partial charge is 0.330 e. The van der Waals surface area contributed by atoms with Gasteiger partial charge in [-0.1, -0.05) is 38.1 Å². The molecule has 2 aromatic heterocycles. The van der Waals surface area contributed by atoms with Gasteiger partial charge in [-0.25, -0.2) is 4.98 Å². The van der Waals surface area contributed by atoms with Crippen LogP contribution in [0.2, 0.25) is 0 Å². The van der Waals surface area contributed by atoms with Crippen molar-refractivity contribution in [3.05, 3.63) is 46.1 Å². The molecule has 0 aliphatic heterocycles. The van der Waals surface area contributed by atoms with E-state index in [-0.39, 0.29) is 0 Å². The van der Waals surface area contributed by atoms with Crippen LogP contribution in [0.5, 0.6) is 0 Å². The number of hydrogen-bond donors (Lipinski definition) is 1. The second-order valence-corrected chi connectivity index (χ2v) is 6.64. The van der Waals surface area contributed by atoms with Crippen molar-refractivity contribution in [1.29, 1.82) is 0 Å². The lowest BCUT2D eigenvalue weighted by molar-refractivity contribution is 0.897. The number of imidazole rings is 1. The van der Waals surface area contributed by atoms with Crippen LogP contribution in [0, 0.1) is 6.92 Å². The number of hydrogen-bond acceptors (Lipinski definition) is 3. The predicted molar refractivity (Wildman–Crippen MR) is 94.8 cm³/mol. The number of aryl methyl sites for hydroxylation is 3. The first-order chi connectivity index (χ1) is 10.7. The fourth-order valence-corrected chi connectivity index (χ4v) is 4.12. The van der Waals surface area contributed by atoms with Crippen LogP contribution in [0.4, 0.5) is 0 Å². The molecule has 0 aliphatic carbocycles. The Bertz CT molecular complexity index is 781. The van der Waals surface area contributed by atoms with Gasteiger partial charge in [0.15, 0.2) is 4.96 Å². The highest BCUT2D eigenvalue weighted by Crippen LogP contribution is 2.34. The van der Waals surface area contributed by atoms with Gasteiger partial charge >= 0.3 is 0 Å². The van der Waals surface area contributed by atoms with Crippen molar-refractivity contribution in [2.24, 2.45) is 5.73 Å². The van der Waals surface area contributed by atoms with E-state index in [4.69, 9.17) is 10.7 Å². The van der Waals surface area contributed by atoms with Crippen molar-refractivity contribution in [3.8, 4) is 11.3 Å². The standard InChI is InChI=1S/C18H23N3S/c1-4-13-6-8-14(9-7-13)17-16(5-2)22-18-20-12(3)15(10-11-19)21(17)18/h6-9H,4-5,10-11,19H2,1-3H3. The highest BCUT2D eigenvalue weighted by molar-refractivity contribution is 7.17. The number of thiazole rings is 1. The third-order valence-electron chi connectivity index (χ3n) is 4.18. The number of benzene rings is 1. The van der Waals surface area contributed by atoms with E-state index in [2.05, 4.69) is 49.4 Å². The number of rotatable bonds is 5. The molecule has 0 saturated carbocycles. The first-order valence-corrected chi connectivity index (χ1v) is 8.80. The maximum Gasteiger partial charge on any atom is 0.194 e. The van der Waals surface area contributed by atoms with Gasteiger partial charge in [0.1, 0.15) is 0 Å². The van der Waals surface area contributed by atoms with E-state index in [1.165, 1.54) is 27.4 Å². The Labute approximate surface area is 135 Å². The van der Waals surface area contributed by atoms with Gasteiger partial charge in [-0.05, 0) is 37.4 Å². The van der Waals surface area contributed by atoms with Crippen LogP contribution in [-0.4, -0.2) is 15.9 Å². The molecule has 2 heterocycles. The van der Waals surface area contributed by atoms with E-state index < -0.39 is 0 Å². The maximum absolute atomic E-state index is 5.81. The van der Waals surface area contributed by atoms with E-state index in [0.29, 0.717) is 6.54 Å². The minimum absolute atomic E-state index is 0.653. The van der Waals surface area contributed by atoms with Crippen LogP contribution in [0.15, 0.2) is 24.3 Å². The normalized spacial score (nSPS) is 11.5. The van der Waals surface area contributed by atoms with Crippen molar-refractivity contribution in [2.75, 3.05) is 6.54 Å². The van der Waals surface area contributed by atoms with Gasteiger partial charge < -0.3 is 5.73 Å². The topological polar surface area (TPSA) is 43.3 Å². The fourth-order valence-electron chi connectivity index (χ4n) is 2.97. The van der Waals surface area contributed by atoms with Crippen LogP contribution >= 0.6 is 11.3 Å². The summed E-state index contributed by atoms with van der Waals surface area (Å²) in [5.74, 6) is 0. The van der Waals surface area contributed by atoms with E-state index in [0.717, 1.165) is 29.9 Å². The summed E-state index contributed by atoms with van der Waals surface area (Å²) in [4.78, 5) is 7.23. The highest BCUT2D eigenvalue weighted by atomic mass is 32.1. The molecule has 3 rings (SSSR count). The minimum atomic E-state index is 0.653. The summed E-state index contributed by atoms with van der Waals surface area (Å²) < 4.78 is 2.33. The van der Waals surface area contributed by atoms with Gasteiger partial charge in [0.05, 0.1) is 11.4 Å². The molecule has 0 aliphatic rings. The molecule has 0 amide bonds. The fraction of sp³-hybridized carbons (Fsp3) is 0.389. The quantitative estimate of drug-likeness (QED) is 0.774. The number of aromatic nitrogens is 2. The molecule has 0 radical (unpaired) electrons. The summed E-state index contributed by atoms with van der Waals surface area (Å²) in [6.07, 6.45) is 2.97. The summed E-state index contributed by atoms with van der Waals surface area (Å²) in [5, 5.41) is 0. The molecule has 116 valence electrons. The highest BCUT2D eigenvalue weighted by Gasteiger charge is 2.18. The summed E-state index contributed by atoms with van der Waals surface area (Å²) >= 11 is 1.80. The summed E-state index contributed by atoms with van der Waals surface area (Å²) in [6, 6.07) is 8.93. The Balaban J connectivity index is 2.24. The molecule has 3 aromatic rings. The Kier molecular flexibility index (Phi) is 4.32. The van der Waals surface area contributed by atoms with Crippen molar-refractivity contribution >= 4 is 16.3 Å². The molecule has 0 saturated heterocycles. The molecule has 4 heteroatoms. The molecule has 2 N–H and O–H groups in total. The van der Waals surface area contributed by atoms with Crippen LogP contribution in [-0.2, 0) is 19.3 Å². The van der Waals surface area contributed by atoms with Gasteiger partial charge in [-0.3, -0.25) is 4.40 Å². The molecule has 1 aromatic carbocycles. The SMILES string of the molecule is CCc1ccc(-c2c(CC)sc3nc(C)c(CCN)n23)cc1. The first-order valence-electron chi connectivity index (χ1n) is 7.98. The monoisotopic (exact) mass is 313 g/mol. The van der Waals surface area contributed by atoms with Crippen molar-refractivity contribution < 1.29 is 0 Å². The lowest BCUT2D eigenvalue weighted by Crippen LogP contribution is -2.07. The summed E-state index contributed by atoms with van der Waals surface area (Å²) in [7, 11) is 0. The Hall–Kier alpha value is -1.65. The van der Waals surface area contributed by atoms with Crippen molar-refractivity contribution in [2.45, 2.75) is 40.0 Å². The first kappa shape index (κ1) is 15.3. The third kappa shape index (κ3) is 2.46. The molecule has 3 nitrogen and oxygen atoms in total. The zero-order valence-electron chi connectivity index (χ0n) is 13.5. The van der Waals surface area contributed by atoms with Crippen LogP contribution in [0.25, 0.3) is 16.2 Å². The van der Waals surface area contributed by atoms with Gasteiger partial charge in [-0.2, -0.15) is 0 Å². The van der Waals surface area contributed by atoms with E-state index >= 15 is 0 Å². The van der Waals surface area contributed by atoms with Gasteiger partial charge in [0.2, 0.25) is 0 Å². The zero-order chi connectivity index (χ0) is 15.7. The Morgan fingerprint density at radius 1 is 1.14 bits per heavy atom. The van der Waals surface area contributed by atoms with E-state index in [9.17, 15) is 0 Å². The van der Waals surface area contributed by atoms with Gasteiger partial charge in [0.25, 0.3) is 0 Å². The van der Waals surface area contributed by atoms with E-state index in [1.807, 2.05) is 0 Å². The summed E-state index contributed by atoms with van der Waals surface area (Å²) in [6.45, 7) is 7.14. The lowest BCUT2D eigenvalue weighted by atomic mass is 10.1. The zero-order valence-corrected chi connectivity index (χ0v) is 14.3. The Morgan fingerprint density at radius 2 is 1.86 bits per heavy atom. The molecule has 0 atom stereocenters. The second kappa shape index (κ2) is 6.23. The van der Waals surface area contributed by atoms with Crippen LogP contribution in [0.3, 0.4) is 0 Å². The smallest absolute Gasteiger partial charge is 0.194 e. The number of fused-ring (bicyclic) bond motifs is 1. The van der Waals surface area contributed by atoms with Crippen molar-refractivity contribution in [1.82, 2.24) is 9.38 Å². The van der Waals surface area contributed by atoms with Crippen LogP contribution in [0.1, 0.15) is 35.7 Å². The lowest BCUT2D eigenvalue weighted by Gasteiger charge is -2.08. The molecule has 0 fully saturated rings. The average Bonchev–Trinajstić information content (AvgIpc) is 3.04.